The molecule has 0 saturated heterocycles. The number of aryl methyl sites for hydroxylation is 1. The van der Waals surface area contributed by atoms with Crippen LogP contribution in [0.15, 0.2) is 59.5 Å². The summed E-state index contributed by atoms with van der Waals surface area (Å²) in [4.78, 5) is 13.0. The molecule has 1 amide bonds. The molecule has 0 saturated carbocycles. The highest BCUT2D eigenvalue weighted by Crippen LogP contribution is 2.36. The lowest BCUT2D eigenvalue weighted by atomic mass is 10.1. The van der Waals surface area contributed by atoms with Gasteiger partial charge in [0.25, 0.3) is 15.9 Å². The summed E-state index contributed by atoms with van der Waals surface area (Å²) in [6.45, 7) is 1.71. The molecule has 0 fully saturated rings. The minimum absolute atomic E-state index is 0.0604. The van der Waals surface area contributed by atoms with Crippen LogP contribution < -0.4 is 24.2 Å². The van der Waals surface area contributed by atoms with E-state index in [2.05, 4.69) is 10.0 Å². The number of anilines is 2. The fraction of sp³-hybridized carbons (Fsp3) is 0.174. The monoisotopic (exact) mass is 490 g/mol. The average Bonchev–Trinajstić information content (AvgIpc) is 2.80. The first-order valence-corrected chi connectivity index (χ1v) is 11.5. The molecule has 0 atom stereocenters. The highest BCUT2D eigenvalue weighted by molar-refractivity contribution is 7.92. The van der Waals surface area contributed by atoms with Gasteiger partial charge in [0.05, 0.1) is 36.9 Å². The first kappa shape index (κ1) is 24.2. The number of carbonyl (C=O) groups is 1. The van der Waals surface area contributed by atoms with Gasteiger partial charge in [0.15, 0.2) is 0 Å². The number of carbonyl (C=O) groups excluding carboxylic acids is 1. The van der Waals surface area contributed by atoms with E-state index < -0.39 is 15.9 Å². The number of methoxy groups -OCH3 is 3. The van der Waals surface area contributed by atoms with Crippen LogP contribution in [-0.2, 0) is 10.0 Å². The molecule has 0 unspecified atom stereocenters. The average molecular weight is 491 g/mol. The van der Waals surface area contributed by atoms with Crippen molar-refractivity contribution in [1.82, 2.24) is 0 Å². The molecule has 3 rings (SSSR count). The lowest BCUT2D eigenvalue weighted by molar-refractivity contribution is 0.102. The number of hydrogen-bond donors (Lipinski definition) is 2. The summed E-state index contributed by atoms with van der Waals surface area (Å²) in [5, 5.41) is 3.05. The normalized spacial score (nSPS) is 10.9. The van der Waals surface area contributed by atoms with Crippen molar-refractivity contribution < 1.29 is 27.4 Å². The summed E-state index contributed by atoms with van der Waals surface area (Å²) in [5.74, 6) is 0.763. The van der Waals surface area contributed by atoms with E-state index in [1.165, 1.54) is 45.6 Å². The predicted octanol–water partition coefficient (Wildman–Crippen LogP) is 4.73. The second-order valence-electron chi connectivity index (χ2n) is 6.95. The van der Waals surface area contributed by atoms with Crippen molar-refractivity contribution >= 4 is 38.9 Å². The number of sulfonamides is 1. The van der Waals surface area contributed by atoms with Crippen LogP contribution in [0.5, 0.6) is 17.2 Å². The summed E-state index contributed by atoms with van der Waals surface area (Å²) >= 11 is 6.12. The Kier molecular flexibility index (Phi) is 7.35. The molecule has 0 aliphatic rings. The van der Waals surface area contributed by atoms with E-state index in [-0.39, 0.29) is 10.5 Å². The van der Waals surface area contributed by atoms with Gasteiger partial charge in [0, 0.05) is 23.4 Å². The van der Waals surface area contributed by atoms with Crippen molar-refractivity contribution in [2.24, 2.45) is 0 Å². The molecule has 0 aromatic heterocycles. The summed E-state index contributed by atoms with van der Waals surface area (Å²) in [7, 11) is 0.474. The lowest BCUT2D eigenvalue weighted by Gasteiger charge is -2.15. The van der Waals surface area contributed by atoms with Crippen LogP contribution in [0.2, 0.25) is 5.02 Å². The van der Waals surface area contributed by atoms with E-state index in [4.69, 9.17) is 25.8 Å². The molecule has 10 heteroatoms. The van der Waals surface area contributed by atoms with Crippen molar-refractivity contribution in [1.29, 1.82) is 0 Å². The van der Waals surface area contributed by atoms with Crippen LogP contribution >= 0.6 is 11.6 Å². The van der Waals surface area contributed by atoms with Crippen LogP contribution in [0.25, 0.3) is 0 Å². The molecule has 8 nitrogen and oxygen atoms in total. The number of hydrogen-bond acceptors (Lipinski definition) is 6. The molecule has 0 heterocycles. The highest BCUT2D eigenvalue weighted by Gasteiger charge is 2.20. The fourth-order valence-electron chi connectivity index (χ4n) is 3.03. The fourth-order valence-corrected chi connectivity index (χ4v) is 4.35. The van der Waals surface area contributed by atoms with Crippen LogP contribution in [0, 0.1) is 6.92 Å². The molecule has 2 N–H and O–H groups in total. The van der Waals surface area contributed by atoms with E-state index >= 15 is 0 Å². The Bertz CT molecular complexity index is 1280. The maximum atomic E-state index is 13.0. The third-order valence-corrected chi connectivity index (χ3v) is 6.50. The van der Waals surface area contributed by atoms with E-state index in [1.807, 2.05) is 0 Å². The summed E-state index contributed by atoms with van der Waals surface area (Å²) in [6, 6.07) is 13.8. The molecule has 0 aliphatic carbocycles. The van der Waals surface area contributed by atoms with Crippen LogP contribution in [0.3, 0.4) is 0 Å². The minimum Gasteiger partial charge on any atom is -0.497 e. The van der Waals surface area contributed by atoms with Crippen LogP contribution in [0.1, 0.15) is 15.9 Å². The van der Waals surface area contributed by atoms with Crippen molar-refractivity contribution in [3.05, 3.63) is 70.7 Å². The van der Waals surface area contributed by atoms with Crippen LogP contribution in [-0.4, -0.2) is 35.7 Å². The largest absolute Gasteiger partial charge is 0.497 e. The first-order chi connectivity index (χ1) is 15.7. The lowest BCUT2D eigenvalue weighted by Crippen LogP contribution is -2.17. The van der Waals surface area contributed by atoms with E-state index in [0.717, 1.165) is 0 Å². The second kappa shape index (κ2) is 10.0. The topological polar surface area (TPSA) is 103 Å². The van der Waals surface area contributed by atoms with Gasteiger partial charge in [0.1, 0.15) is 17.2 Å². The molecular formula is C23H23ClN2O6S. The molecule has 3 aromatic rings. The molecule has 33 heavy (non-hydrogen) atoms. The van der Waals surface area contributed by atoms with Crippen molar-refractivity contribution in [2.75, 3.05) is 31.4 Å². The van der Waals surface area contributed by atoms with Gasteiger partial charge in [-0.1, -0.05) is 17.7 Å². The van der Waals surface area contributed by atoms with Gasteiger partial charge in [-0.05, 0) is 48.9 Å². The smallest absolute Gasteiger partial charge is 0.261 e. The van der Waals surface area contributed by atoms with Gasteiger partial charge in [0.2, 0.25) is 0 Å². The summed E-state index contributed by atoms with van der Waals surface area (Å²) in [6.07, 6.45) is 0. The zero-order valence-electron chi connectivity index (χ0n) is 18.4. The first-order valence-electron chi connectivity index (χ1n) is 9.69. The summed E-state index contributed by atoms with van der Waals surface area (Å²) < 4.78 is 43.8. The SMILES string of the molecule is COc1ccc(NS(=O)(=O)c2ccc(C)c(C(=O)Nc3cc(OC)c(Cl)cc3OC)c2)cc1. The zero-order chi connectivity index (χ0) is 24.2. The molecule has 0 aliphatic heterocycles. The maximum absolute atomic E-state index is 13.0. The Morgan fingerprint density at radius 2 is 1.55 bits per heavy atom. The predicted molar refractivity (Wildman–Crippen MR) is 127 cm³/mol. The number of ether oxygens (including phenoxy) is 3. The molecule has 3 aromatic carbocycles. The highest BCUT2D eigenvalue weighted by atomic mass is 35.5. The standard InChI is InChI=1S/C23H23ClN2O6S/c1-14-5-10-17(33(28,29)26-15-6-8-16(30-2)9-7-15)11-18(14)23(27)25-20-13-21(31-3)19(24)12-22(20)32-4/h5-13,26H,1-4H3,(H,25,27). The van der Waals surface area contributed by atoms with Gasteiger partial charge >= 0.3 is 0 Å². The van der Waals surface area contributed by atoms with Crippen molar-refractivity contribution in [3.63, 3.8) is 0 Å². The Morgan fingerprint density at radius 1 is 0.879 bits per heavy atom. The van der Waals surface area contributed by atoms with E-state index in [0.29, 0.717) is 39.2 Å². The molecule has 0 radical (unpaired) electrons. The number of nitrogens with one attached hydrogen (secondary N) is 2. The van der Waals surface area contributed by atoms with Gasteiger partial charge < -0.3 is 19.5 Å². The van der Waals surface area contributed by atoms with E-state index in [9.17, 15) is 13.2 Å². The number of amides is 1. The maximum Gasteiger partial charge on any atom is 0.261 e. The molecule has 174 valence electrons. The van der Waals surface area contributed by atoms with Gasteiger partial charge in [-0.15, -0.1) is 0 Å². The van der Waals surface area contributed by atoms with Gasteiger partial charge in [-0.25, -0.2) is 8.42 Å². The van der Waals surface area contributed by atoms with Crippen molar-refractivity contribution in [3.8, 4) is 17.2 Å². The number of halogens is 1. The van der Waals surface area contributed by atoms with Crippen molar-refractivity contribution in [2.45, 2.75) is 11.8 Å². The second-order valence-corrected chi connectivity index (χ2v) is 9.04. The third kappa shape index (κ3) is 5.50. The quantitative estimate of drug-likeness (QED) is 0.473. The van der Waals surface area contributed by atoms with Crippen LogP contribution in [0.4, 0.5) is 11.4 Å². The third-order valence-electron chi connectivity index (χ3n) is 4.83. The molecular weight excluding hydrogens is 468 g/mol. The van der Waals surface area contributed by atoms with E-state index in [1.54, 1.807) is 37.3 Å². The zero-order valence-corrected chi connectivity index (χ0v) is 20.0. The Labute approximate surface area is 197 Å². The minimum atomic E-state index is -3.94. The Hall–Kier alpha value is -3.43. The molecule has 0 bridgehead atoms. The van der Waals surface area contributed by atoms with Gasteiger partial charge in [-0.2, -0.15) is 0 Å². The molecule has 0 spiro atoms. The Balaban J connectivity index is 1.90. The number of benzene rings is 3. The van der Waals surface area contributed by atoms with Gasteiger partial charge in [-0.3, -0.25) is 9.52 Å². The Morgan fingerprint density at radius 3 is 2.15 bits per heavy atom. The summed E-state index contributed by atoms with van der Waals surface area (Å²) in [5.41, 5.74) is 1.47. The number of rotatable bonds is 8.